The molecule has 0 heterocycles. The van der Waals surface area contributed by atoms with Gasteiger partial charge >= 0.3 is 0 Å². The summed E-state index contributed by atoms with van der Waals surface area (Å²) in [5.74, 6) is 0.863. The molecule has 102 valence electrons. The van der Waals surface area contributed by atoms with Crippen LogP contribution in [0.5, 0.6) is 5.75 Å². The highest BCUT2D eigenvalue weighted by atomic mass is 35.5. The van der Waals surface area contributed by atoms with E-state index in [9.17, 15) is 0 Å². The van der Waals surface area contributed by atoms with E-state index in [0.29, 0.717) is 6.61 Å². The molecule has 0 unspecified atom stereocenters. The quantitative estimate of drug-likeness (QED) is 0.821. The van der Waals surface area contributed by atoms with Crippen LogP contribution in [0.4, 0.5) is 5.69 Å². The average Bonchev–Trinajstić information content (AvgIpc) is 2.41. The largest absolute Gasteiger partial charge is 0.489 e. The fraction of sp³-hybridized carbons (Fsp3) is 0.200. The number of hydrogen-bond donors (Lipinski definition) is 2. The highest BCUT2D eigenvalue weighted by Gasteiger charge is 2.00. The summed E-state index contributed by atoms with van der Waals surface area (Å²) in [6, 6.07) is 16.2. The van der Waals surface area contributed by atoms with E-state index < -0.39 is 0 Å². The van der Waals surface area contributed by atoms with Crippen LogP contribution in [-0.2, 0) is 6.61 Å². The van der Waals surface area contributed by atoms with Gasteiger partial charge in [-0.3, -0.25) is 0 Å². The maximum Gasteiger partial charge on any atom is 0.121 e. The van der Waals surface area contributed by atoms with Crippen LogP contribution in [-0.4, -0.2) is 7.05 Å². The van der Waals surface area contributed by atoms with Crippen LogP contribution in [0, 0.1) is 6.92 Å². The third-order valence-electron chi connectivity index (χ3n) is 2.72. The molecular formula is C15H19ClN2O. The number of nitrogens with one attached hydrogen (secondary N) is 2. The van der Waals surface area contributed by atoms with Crippen LogP contribution in [0.2, 0.25) is 0 Å². The fourth-order valence-corrected chi connectivity index (χ4v) is 1.70. The van der Waals surface area contributed by atoms with E-state index in [2.05, 4.69) is 29.9 Å². The Balaban J connectivity index is 0.00000180. The van der Waals surface area contributed by atoms with E-state index in [1.54, 1.807) is 0 Å². The van der Waals surface area contributed by atoms with Gasteiger partial charge in [0, 0.05) is 13.1 Å². The minimum atomic E-state index is 0. The van der Waals surface area contributed by atoms with Gasteiger partial charge in [-0.25, -0.2) is 5.43 Å². The van der Waals surface area contributed by atoms with Crippen molar-refractivity contribution in [3.63, 3.8) is 0 Å². The van der Waals surface area contributed by atoms with Gasteiger partial charge in [-0.1, -0.05) is 36.4 Å². The number of hydrogen-bond acceptors (Lipinski definition) is 3. The topological polar surface area (TPSA) is 33.3 Å². The predicted octanol–water partition coefficient (Wildman–Crippen LogP) is 3.54. The van der Waals surface area contributed by atoms with Crippen molar-refractivity contribution in [2.24, 2.45) is 0 Å². The molecule has 0 aliphatic rings. The molecule has 3 nitrogen and oxygen atoms in total. The van der Waals surface area contributed by atoms with Crippen molar-refractivity contribution in [3.05, 3.63) is 59.7 Å². The van der Waals surface area contributed by atoms with Crippen molar-refractivity contribution in [2.45, 2.75) is 13.5 Å². The number of hydrazine groups is 1. The summed E-state index contributed by atoms with van der Waals surface area (Å²) >= 11 is 0. The molecular weight excluding hydrogens is 260 g/mol. The first-order valence-corrected chi connectivity index (χ1v) is 6.00. The van der Waals surface area contributed by atoms with E-state index in [-0.39, 0.29) is 12.4 Å². The Bertz CT molecular complexity index is 503. The summed E-state index contributed by atoms with van der Waals surface area (Å²) in [6.07, 6.45) is 0. The second-order valence-corrected chi connectivity index (χ2v) is 4.13. The Labute approximate surface area is 120 Å². The van der Waals surface area contributed by atoms with Gasteiger partial charge < -0.3 is 10.2 Å². The van der Waals surface area contributed by atoms with Gasteiger partial charge in [0.15, 0.2) is 0 Å². The molecule has 4 heteroatoms. The van der Waals surface area contributed by atoms with Crippen molar-refractivity contribution in [1.29, 1.82) is 0 Å². The monoisotopic (exact) mass is 278 g/mol. The van der Waals surface area contributed by atoms with Crippen LogP contribution in [0.1, 0.15) is 11.1 Å². The normalized spacial score (nSPS) is 9.58. The number of anilines is 1. The van der Waals surface area contributed by atoms with E-state index in [4.69, 9.17) is 4.74 Å². The molecule has 19 heavy (non-hydrogen) atoms. The lowest BCUT2D eigenvalue weighted by Gasteiger charge is -2.11. The van der Waals surface area contributed by atoms with Gasteiger partial charge in [-0.15, -0.1) is 12.4 Å². The van der Waals surface area contributed by atoms with Crippen LogP contribution < -0.4 is 15.6 Å². The lowest BCUT2D eigenvalue weighted by molar-refractivity contribution is 0.306. The summed E-state index contributed by atoms with van der Waals surface area (Å²) in [5, 5.41) is 0. The van der Waals surface area contributed by atoms with Gasteiger partial charge in [0.05, 0.1) is 5.69 Å². The number of halogens is 1. The van der Waals surface area contributed by atoms with E-state index in [1.807, 2.05) is 43.4 Å². The molecule has 0 spiro atoms. The average molecular weight is 279 g/mol. The zero-order valence-electron chi connectivity index (χ0n) is 11.1. The molecule has 2 N–H and O–H groups in total. The van der Waals surface area contributed by atoms with Gasteiger partial charge in [0.2, 0.25) is 0 Å². The van der Waals surface area contributed by atoms with Crippen LogP contribution >= 0.6 is 12.4 Å². The van der Waals surface area contributed by atoms with Crippen LogP contribution in [0.3, 0.4) is 0 Å². The lowest BCUT2D eigenvalue weighted by Crippen LogP contribution is -2.15. The Morgan fingerprint density at radius 2 is 1.79 bits per heavy atom. The summed E-state index contributed by atoms with van der Waals surface area (Å²) < 4.78 is 5.77. The number of benzene rings is 2. The first-order valence-electron chi connectivity index (χ1n) is 6.00. The van der Waals surface area contributed by atoms with E-state index >= 15 is 0 Å². The fourth-order valence-electron chi connectivity index (χ4n) is 1.70. The predicted molar refractivity (Wildman–Crippen MR) is 81.9 cm³/mol. The van der Waals surface area contributed by atoms with Crippen molar-refractivity contribution in [2.75, 3.05) is 12.5 Å². The van der Waals surface area contributed by atoms with Gasteiger partial charge in [-0.05, 0) is 24.1 Å². The molecule has 0 aromatic heterocycles. The molecule has 0 aliphatic heterocycles. The summed E-state index contributed by atoms with van der Waals surface area (Å²) in [5.41, 5.74) is 9.38. The van der Waals surface area contributed by atoms with Crippen LogP contribution in [0.25, 0.3) is 0 Å². The third-order valence-corrected chi connectivity index (χ3v) is 2.72. The number of aryl methyl sites for hydroxylation is 1. The second-order valence-electron chi connectivity index (χ2n) is 4.13. The van der Waals surface area contributed by atoms with Gasteiger partial charge in [0.1, 0.15) is 12.4 Å². The first-order chi connectivity index (χ1) is 8.79. The maximum absolute atomic E-state index is 5.77. The molecule has 2 rings (SSSR count). The smallest absolute Gasteiger partial charge is 0.121 e. The van der Waals surface area contributed by atoms with E-state index in [1.165, 1.54) is 11.1 Å². The first kappa shape index (κ1) is 15.3. The summed E-state index contributed by atoms with van der Waals surface area (Å²) in [6.45, 7) is 2.64. The molecule has 0 radical (unpaired) electrons. The van der Waals surface area contributed by atoms with Crippen molar-refractivity contribution in [1.82, 2.24) is 5.43 Å². The summed E-state index contributed by atoms with van der Waals surface area (Å²) in [4.78, 5) is 0. The van der Waals surface area contributed by atoms with Crippen LogP contribution in [0.15, 0.2) is 48.5 Å². The highest BCUT2D eigenvalue weighted by molar-refractivity contribution is 5.85. The number of rotatable bonds is 5. The maximum atomic E-state index is 5.77. The molecule has 0 saturated carbocycles. The Morgan fingerprint density at radius 3 is 2.47 bits per heavy atom. The SMILES string of the molecule is CNNc1cc(OCc2ccccc2)ccc1C.Cl. The molecule has 2 aromatic carbocycles. The van der Waals surface area contributed by atoms with E-state index in [0.717, 1.165) is 11.4 Å². The third kappa shape index (κ3) is 4.47. The molecule has 0 amide bonds. The summed E-state index contributed by atoms with van der Waals surface area (Å²) in [7, 11) is 1.84. The molecule has 0 aliphatic carbocycles. The minimum Gasteiger partial charge on any atom is -0.489 e. The molecule has 2 aromatic rings. The molecule has 0 bridgehead atoms. The second kappa shape index (κ2) is 7.67. The lowest BCUT2D eigenvalue weighted by atomic mass is 10.2. The standard InChI is InChI=1S/C15H18N2O.ClH/c1-12-8-9-14(10-15(12)17-16-2)18-11-13-6-4-3-5-7-13;/h3-10,16-17H,11H2,1-2H3;1H. The van der Waals surface area contributed by atoms with Crippen molar-refractivity contribution in [3.8, 4) is 5.75 Å². The highest BCUT2D eigenvalue weighted by Crippen LogP contribution is 2.22. The zero-order valence-corrected chi connectivity index (χ0v) is 12.0. The van der Waals surface area contributed by atoms with Gasteiger partial charge in [-0.2, -0.15) is 0 Å². The molecule has 0 fully saturated rings. The Kier molecular flexibility index (Phi) is 6.19. The zero-order chi connectivity index (χ0) is 12.8. The number of ether oxygens (including phenoxy) is 1. The molecule has 0 atom stereocenters. The Hall–Kier alpha value is -1.71. The Morgan fingerprint density at radius 1 is 1.05 bits per heavy atom. The minimum absolute atomic E-state index is 0. The van der Waals surface area contributed by atoms with Gasteiger partial charge in [0.25, 0.3) is 0 Å². The van der Waals surface area contributed by atoms with Crippen molar-refractivity contribution >= 4 is 18.1 Å². The van der Waals surface area contributed by atoms with Crippen molar-refractivity contribution < 1.29 is 4.74 Å². The molecule has 0 saturated heterocycles.